The normalized spacial score (nSPS) is 13.8. The van der Waals surface area contributed by atoms with Gasteiger partial charge in [0.25, 0.3) is 11.8 Å². The van der Waals surface area contributed by atoms with Crippen LogP contribution in [0, 0.1) is 10.1 Å². The molecule has 0 spiro atoms. The second-order valence-corrected chi connectivity index (χ2v) is 7.38. The van der Waals surface area contributed by atoms with Crippen LogP contribution in [0.15, 0.2) is 53.5 Å². The summed E-state index contributed by atoms with van der Waals surface area (Å²) in [5.74, 6) is -3.25. The average molecular weight is 517 g/mol. The molecule has 0 radical (unpaired) electrons. The topological polar surface area (TPSA) is 130 Å². The molecule has 0 fully saturated rings. The van der Waals surface area contributed by atoms with E-state index in [4.69, 9.17) is 14.9 Å². The quantitative estimate of drug-likeness (QED) is 0.168. The molecular weight excluding hydrogens is 500 g/mol. The van der Waals surface area contributed by atoms with Crippen LogP contribution in [0.5, 0.6) is 0 Å². The highest BCUT2D eigenvalue weighted by Crippen LogP contribution is 2.47. The Hall–Kier alpha value is -4.01. The predicted octanol–water partition coefficient (Wildman–Crippen LogP) is 5.58. The Labute approximate surface area is 198 Å². The van der Waals surface area contributed by atoms with Gasteiger partial charge < -0.3 is 14.9 Å². The van der Waals surface area contributed by atoms with Crippen LogP contribution in [0.2, 0.25) is 0 Å². The fraction of sp³-hybridized carbons (Fsp3) is 0.286. The Bertz CT molecular complexity index is 1250. The van der Waals surface area contributed by atoms with E-state index in [0.29, 0.717) is 5.56 Å². The van der Waals surface area contributed by atoms with Gasteiger partial charge in [0.05, 0.1) is 11.5 Å². The van der Waals surface area contributed by atoms with Crippen LogP contribution in [-0.2, 0) is 23.1 Å². The molecule has 3 rings (SSSR count). The second kappa shape index (κ2) is 9.93. The SMILES string of the molecule is C=CCCC(OCc1ccccc1)(c1nnc(-c2nc(N)c(C(F)(F)F)cc2[N+](=O)[O-])o1)C(F)(F)F. The number of pyridine rings is 1. The van der Waals surface area contributed by atoms with Crippen molar-refractivity contribution < 1.29 is 40.4 Å². The van der Waals surface area contributed by atoms with Crippen molar-refractivity contribution in [1.82, 2.24) is 15.2 Å². The zero-order valence-corrected chi connectivity index (χ0v) is 18.1. The van der Waals surface area contributed by atoms with Crippen LogP contribution in [0.4, 0.5) is 37.8 Å². The maximum atomic E-state index is 14.4. The fourth-order valence-corrected chi connectivity index (χ4v) is 3.19. The Morgan fingerprint density at radius 1 is 1.14 bits per heavy atom. The number of rotatable bonds is 9. The van der Waals surface area contributed by atoms with Gasteiger partial charge in [0.15, 0.2) is 0 Å². The molecule has 2 heterocycles. The third-order valence-electron chi connectivity index (χ3n) is 4.99. The molecule has 0 saturated carbocycles. The van der Waals surface area contributed by atoms with Crippen molar-refractivity contribution in [2.24, 2.45) is 0 Å². The van der Waals surface area contributed by atoms with E-state index in [1.807, 2.05) is 0 Å². The molecule has 0 aliphatic heterocycles. The van der Waals surface area contributed by atoms with Crippen LogP contribution in [0.1, 0.15) is 29.9 Å². The molecule has 2 N–H and O–H groups in total. The maximum absolute atomic E-state index is 14.4. The highest BCUT2D eigenvalue weighted by molar-refractivity contribution is 5.66. The third-order valence-corrected chi connectivity index (χ3v) is 4.99. The molecule has 15 heteroatoms. The van der Waals surface area contributed by atoms with E-state index in [2.05, 4.69) is 21.8 Å². The van der Waals surface area contributed by atoms with E-state index in [9.17, 15) is 36.5 Å². The molecule has 2 aromatic heterocycles. The number of benzene rings is 1. The van der Waals surface area contributed by atoms with E-state index >= 15 is 0 Å². The minimum Gasteiger partial charge on any atom is -0.415 e. The predicted molar refractivity (Wildman–Crippen MR) is 112 cm³/mol. The van der Waals surface area contributed by atoms with Crippen molar-refractivity contribution in [1.29, 1.82) is 0 Å². The lowest BCUT2D eigenvalue weighted by Crippen LogP contribution is -2.45. The minimum absolute atomic E-state index is 0.0855. The summed E-state index contributed by atoms with van der Waals surface area (Å²) < 4.78 is 92.9. The average Bonchev–Trinajstić information content (AvgIpc) is 3.28. The number of hydrogen-bond donors (Lipinski definition) is 1. The van der Waals surface area contributed by atoms with Gasteiger partial charge in [-0.25, -0.2) is 4.98 Å². The second-order valence-electron chi connectivity index (χ2n) is 7.38. The molecule has 3 aromatic rings. The number of halogens is 6. The summed E-state index contributed by atoms with van der Waals surface area (Å²) in [4.78, 5) is 13.5. The summed E-state index contributed by atoms with van der Waals surface area (Å²) in [6.07, 6.45) is -9.96. The highest BCUT2D eigenvalue weighted by atomic mass is 19.4. The number of alkyl halides is 6. The van der Waals surface area contributed by atoms with E-state index in [0.717, 1.165) is 0 Å². The van der Waals surface area contributed by atoms with Crippen LogP contribution in [0.25, 0.3) is 11.6 Å². The van der Waals surface area contributed by atoms with Gasteiger partial charge in [-0.05, 0) is 18.4 Å². The summed E-state index contributed by atoms with van der Waals surface area (Å²) in [6.45, 7) is 2.87. The summed E-state index contributed by atoms with van der Waals surface area (Å²) in [5.41, 5.74) is -1.29. The lowest BCUT2D eigenvalue weighted by Gasteiger charge is -2.32. The Balaban J connectivity index is 2.13. The lowest BCUT2D eigenvalue weighted by molar-refractivity contribution is -0.384. The molecule has 0 saturated heterocycles. The van der Waals surface area contributed by atoms with Gasteiger partial charge in [-0.2, -0.15) is 26.3 Å². The zero-order chi connectivity index (χ0) is 26.7. The molecular formula is C21H17F6N5O4. The van der Waals surface area contributed by atoms with Gasteiger partial charge in [-0.1, -0.05) is 36.4 Å². The van der Waals surface area contributed by atoms with E-state index in [1.54, 1.807) is 18.2 Å². The standard InChI is InChI=1S/C21H17F6N5O4/c1-2-3-9-19(21(25,26)27,35-11-12-7-5-4-6-8-12)18-31-30-17(36-18)15-14(32(33)34)10-13(16(28)29-15)20(22,23)24/h2,4-8,10H,1,3,9,11H2,(H2,28,29). The van der Waals surface area contributed by atoms with Gasteiger partial charge in [-0.15, -0.1) is 16.8 Å². The molecule has 0 aliphatic rings. The Morgan fingerprint density at radius 2 is 1.81 bits per heavy atom. The van der Waals surface area contributed by atoms with Gasteiger partial charge >= 0.3 is 18.0 Å². The third kappa shape index (κ3) is 5.30. The number of nitro groups is 1. The first-order chi connectivity index (χ1) is 16.8. The molecule has 1 unspecified atom stereocenters. The number of aromatic nitrogens is 3. The summed E-state index contributed by atoms with van der Waals surface area (Å²) >= 11 is 0. The summed E-state index contributed by atoms with van der Waals surface area (Å²) in [5, 5.41) is 18.2. The maximum Gasteiger partial charge on any atom is 0.426 e. The first kappa shape index (κ1) is 26.6. The minimum atomic E-state index is -5.12. The summed E-state index contributed by atoms with van der Waals surface area (Å²) in [7, 11) is 0. The molecule has 1 aromatic carbocycles. The number of nitrogens with two attached hydrogens (primary N) is 1. The van der Waals surface area contributed by atoms with Crippen LogP contribution in [-0.4, -0.2) is 26.3 Å². The molecule has 36 heavy (non-hydrogen) atoms. The molecule has 1 atom stereocenters. The Morgan fingerprint density at radius 3 is 2.36 bits per heavy atom. The summed E-state index contributed by atoms with van der Waals surface area (Å²) in [6, 6.07) is 7.95. The van der Waals surface area contributed by atoms with E-state index in [-0.39, 0.29) is 12.5 Å². The number of ether oxygens (including phenoxy) is 1. The van der Waals surface area contributed by atoms with Gasteiger partial charge in [0, 0.05) is 6.07 Å². The monoisotopic (exact) mass is 517 g/mol. The van der Waals surface area contributed by atoms with Crippen molar-refractivity contribution in [3.63, 3.8) is 0 Å². The number of hydrogen-bond acceptors (Lipinski definition) is 8. The molecule has 9 nitrogen and oxygen atoms in total. The number of nitrogen functional groups attached to an aromatic ring is 1. The Kier molecular flexibility index (Phi) is 7.33. The van der Waals surface area contributed by atoms with Crippen molar-refractivity contribution in [2.75, 3.05) is 5.73 Å². The number of nitrogens with zero attached hydrogens (tertiary/aromatic N) is 4. The molecule has 0 aliphatic carbocycles. The van der Waals surface area contributed by atoms with Crippen molar-refractivity contribution in [3.8, 4) is 11.6 Å². The van der Waals surface area contributed by atoms with Gasteiger partial charge in [0.1, 0.15) is 11.4 Å². The van der Waals surface area contributed by atoms with Crippen LogP contribution in [0.3, 0.4) is 0 Å². The van der Waals surface area contributed by atoms with E-state index < -0.39 is 70.4 Å². The first-order valence-corrected chi connectivity index (χ1v) is 10.0. The first-order valence-electron chi connectivity index (χ1n) is 10.0. The smallest absolute Gasteiger partial charge is 0.415 e. The fourth-order valence-electron chi connectivity index (χ4n) is 3.19. The van der Waals surface area contributed by atoms with Gasteiger partial charge in [-0.3, -0.25) is 10.1 Å². The van der Waals surface area contributed by atoms with Crippen molar-refractivity contribution in [2.45, 2.75) is 37.4 Å². The highest BCUT2D eigenvalue weighted by Gasteiger charge is 2.61. The number of anilines is 1. The van der Waals surface area contributed by atoms with Crippen LogP contribution >= 0.6 is 0 Å². The van der Waals surface area contributed by atoms with Crippen molar-refractivity contribution >= 4 is 11.5 Å². The van der Waals surface area contributed by atoms with E-state index in [1.165, 1.54) is 18.2 Å². The van der Waals surface area contributed by atoms with Crippen LogP contribution < -0.4 is 5.73 Å². The van der Waals surface area contributed by atoms with Gasteiger partial charge in [0.2, 0.25) is 11.3 Å². The molecule has 192 valence electrons. The van der Waals surface area contributed by atoms with Crippen molar-refractivity contribution in [3.05, 3.63) is 76.2 Å². The lowest BCUT2D eigenvalue weighted by atomic mass is 9.96. The number of allylic oxidation sites excluding steroid dienone is 1. The molecule has 0 amide bonds. The molecule has 0 bridgehead atoms. The largest absolute Gasteiger partial charge is 0.426 e. The zero-order valence-electron chi connectivity index (χ0n) is 18.1.